The third kappa shape index (κ3) is 3.94. The van der Waals surface area contributed by atoms with Crippen LogP contribution in [0.5, 0.6) is 0 Å². The number of nitrogens with one attached hydrogen (secondary N) is 1. The highest BCUT2D eigenvalue weighted by molar-refractivity contribution is 7.88. The van der Waals surface area contributed by atoms with E-state index in [4.69, 9.17) is 4.74 Å². The van der Waals surface area contributed by atoms with Gasteiger partial charge in [0.25, 0.3) is 0 Å². The first kappa shape index (κ1) is 13.3. The van der Waals surface area contributed by atoms with Crippen molar-refractivity contribution in [1.29, 1.82) is 0 Å². The van der Waals surface area contributed by atoms with Crippen LogP contribution in [0.25, 0.3) is 0 Å². The normalized spacial score (nSPS) is 16.8. The number of pyridine rings is 1. The van der Waals surface area contributed by atoms with Gasteiger partial charge in [0.2, 0.25) is 10.0 Å². The summed E-state index contributed by atoms with van der Waals surface area (Å²) in [6.07, 6.45) is 2.84. The molecule has 0 radical (unpaired) electrons. The van der Waals surface area contributed by atoms with Gasteiger partial charge in [0.1, 0.15) is 5.82 Å². The molecular formula is C11H17N3O3S. The number of nitrogens with zero attached hydrogens (tertiary/aromatic N) is 2. The summed E-state index contributed by atoms with van der Waals surface area (Å²) in [7, 11) is -3.16. The third-order valence-electron chi connectivity index (χ3n) is 2.68. The second kappa shape index (κ2) is 5.64. The predicted octanol–water partition coefficient (Wildman–Crippen LogP) is -0.0326. The summed E-state index contributed by atoms with van der Waals surface area (Å²) in [5, 5.41) is 0. The highest BCUT2D eigenvalue weighted by Crippen LogP contribution is 2.12. The molecular weight excluding hydrogens is 254 g/mol. The molecule has 100 valence electrons. The molecule has 0 aliphatic carbocycles. The largest absolute Gasteiger partial charge is 0.378 e. The maximum absolute atomic E-state index is 11.0. The van der Waals surface area contributed by atoms with Crippen LogP contribution in [-0.4, -0.2) is 46.0 Å². The standard InChI is InChI=1S/C11H17N3O3S/c1-18(15,16)13-9-10-2-3-11(12-8-10)14-4-6-17-7-5-14/h2-3,8,13H,4-7,9H2,1H3. The van der Waals surface area contributed by atoms with Crippen molar-refractivity contribution >= 4 is 15.8 Å². The molecule has 0 amide bonds. The lowest BCUT2D eigenvalue weighted by molar-refractivity contribution is 0.122. The molecule has 6 nitrogen and oxygen atoms in total. The molecule has 1 aliphatic heterocycles. The molecule has 1 fully saturated rings. The van der Waals surface area contributed by atoms with E-state index in [1.165, 1.54) is 0 Å². The molecule has 0 atom stereocenters. The second-order valence-electron chi connectivity index (χ2n) is 4.22. The summed E-state index contributed by atoms with van der Waals surface area (Å²) in [5.74, 6) is 0.904. The van der Waals surface area contributed by atoms with Gasteiger partial charge in [0.05, 0.1) is 19.5 Å². The van der Waals surface area contributed by atoms with E-state index in [0.717, 1.165) is 43.9 Å². The van der Waals surface area contributed by atoms with Crippen molar-refractivity contribution in [3.63, 3.8) is 0 Å². The Hall–Kier alpha value is -1.18. The van der Waals surface area contributed by atoms with Crippen molar-refractivity contribution in [1.82, 2.24) is 9.71 Å². The monoisotopic (exact) mass is 271 g/mol. The van der Waals surface area contributed by atoms with Crippen LogP contribution in [0, 0.1) is 0 Å². The van der Waals surface area contributed by atoms with Gasteiger partial charge in [0.15, 0.2) is 0 Å². The molecule has 1 N–H and O–H groups in total. The van der Waals surface area contributed by atoms with Crippen LogP contribution in [0.3, 0.4) is 0 Å². The van der Waals surface area contributed by atoms with Gasteiger partial charge < -0.3 is 9.64 Å². The van der Waals surface area contributed by atoms with E-state index in [-0.39, 0.29) is 6.54 Å². The van der Waals surface area contributed by atoms with Crippen LogP contribution >= 0.6 is 0 Å². The molecule has 0 unspecified atom stereocenters. The van der Waals surface area contributed by atoms with Crippen LogP contribution < -0.4 is 9.62 Å². The van der Waals surface area contributed by atoms with E-state index < -0.39 is 10.0 Å². The molecule has 18 heavy (non-hydrogen) atoms. The van der Waals surface area contributed by atoms with E-state index in [1.54, 1.807) is 6.20 Å². The molecule has 1 aromatic rings. The number of morpholine rings is 1. The quantitative estimate of drug-likeness (QED) is 0.832. The molecule has 1 aliphatic rings. The molecule has 0 saturated carbocycles. The summed E-state index contributed by atoms with van der Waals surface area (Å²) in [4.78, 5) is 6.49. The summed E-state index contributed by atoms with van der Waals surface area (Å²) < 4.78 is 29.6. The summed E-state index contributed by atoms with van der Waals surface area (Å²) in [6.45, 7) is 3.40. The van der Waals surface area contributed by atoms with Crippen LogP contribution in [-0.2, 0) is 21.3 Å². The van der Waals surface area contributed by atoms with Crippen LogP contribution in [0.2, 0.25) is 0 Å². The van der Waals surface area contributed by atoms with Gasteiger partial charge in [-0.25, -0.2) is 18.1 Å². The Morgan fingerprint density at radius 1 is 1.39 bits per heavy atom. The van der Waals surface area contributed by atoms with Crippen LogP contribution in [0.4, 0.5) is 5.82 Å². The highest BCUT2D eigenvalue weighted by Gasteiger charge is 2.12. The van der Waals surface area contributed by atoms with E-state index in [2.05, 4.69) is 14.6 Å². The van der Waals surface area contributed by atoms with Gasteiger partial charge in [-0.15, -0.1) is 0 Å². The third-order valence-corrected chi connectivity index (χ3v) is 3.35. The molecule has 2 rings (SSSR count). The van der Waals surface area contributed by atoms with Crippen LogP contribution in [0.1, 0.15) is 5.56 Å². The molecule has 1 saturated heterocycles. The summed E-state index contributed by atoms with van der Waals surface area (Å²) in [6, 6.07) is 3.79. The van der Waals surface area contributed by atoms with E-state index >= 15 is 0 Å². The number of rotatable bonds is 4. The Kier molecular flexibility index (Phi) is 4.15. The van der Waals surface area contributed by atoms with Crippen molar-refractivity contribution < 1.29 is 13.2 Å². The topological polar surface area (TPSA) is 71.5 Å². The fourth-order valence-electron chi connectivity index (χ4n) is 1.72. The van der Waals surface area contributed by atoms with Gasteiger partial charge in [0, 0.05) is 25.8 Å². The number of aromatic nitrogens is 1. The molecule has 0 aromatic carbocycles. The Morgan fingerprint density at radius 3 is 2.67 bits per heavy atom. The number of sulfonamides is 1. The van der Waals surface area contributed by atoms with Crippen LogP contribution in [0.15, 0.2) is 18.3 Å². The lowest BCUT2D eigenvalue weighted by atomic mass is 10.3. The van der Waals surface area contributed by atoms with Crippen molar-refractivity contribution in [2.75, 3.05) is 37.5 Å². The van der Waals surface area contributed by atoms with Gasteiger partial charge in [-0.3, -0.25) is 0 Å². The van der Waals surface area contributed by atoms with Gasteiger partial charge in [-0.05, 0) is 11.6 Å². The number of hydrogen-bond donors (Lipinski definition) is 1. The number of ether oxygens (including phenoxy) is 1. The lowest BCUT2D eigenvalue weighted by Crippen LogP contribution is -2.36. The zero-order valence-corrected chi connectivity index (χ0v) is 11.1. The fraction of sp³-hybridized carbons (Fsp3) is 0.545. The summed E-state index contributed by atoms with van der Waals surface area (Å²) >= 11 is 0. The Bertz CT molecular complexity index is 481. The average Bonchev–Trinajstić information content (AvgIpc) is 2.37. The Balaban J connectivity index is 1.96. The highest BCUT2D eigenvalue weighted by atomic mass is 32.2. The van der Waals surface area contributed by atoms with E-state index in [1.807, 2.05) is 12.1 Å². The Labute approximate surface area is 107 Å². The fourth-order valence-corrected chi connectivity index (χ4v) is 2.14. The zero-order chi connectivity index (χ0) is 13.0. The maximum Gasteiger partial charge on any atom is 0.209 e. The molecule has 0 spiro atoms. The van der Waals surface area contributed by atoms with Crippen molar-refractivity contribution in [2.45, 2.75) is 6.54 Å². The molecule has 1 aromatic heterocycles. The number of hydrogen-bond acceptors (Lipinski definition) is 5. The molecule has 7 heteroatoms. The van der Waals surface area contributed by atoms with E-state index in [0.29, 0.717) is 0 Å². The first-order valence-electron chi connectivity index (χ1n) is 5.77. The zero-order valence-electron chi connectivity index (χ0n) is 10.3. The van der Waals surface area contributed by atoms with Crippen molar-refractivity contribution in [2.24, 2.45) is 0 Å². The van der Waals surface area contributed by atoms with Gasteiger partial charge in [-0.2, -0.15) is 0 Å². The number of anilines is 1. The molecule has 2 heterocycles. The second-order valence-corrected chi connectivity index (χ2v) is 6.05. The van der Waals surface area contributed by atoms with Gasteiger partial charge >= 0.3 is 0 Å². The predicted molar refractivity (Wildman–Crippen MR) is 69.0 cm³/mol. The SMILES string of the molecule is CS(=O)(=O)NCc1ccc(N2CCOCC2)nc1. The smallest absolute Gasteiger partial charge is 0.209 e. The van der Waals surface area contributed by atoms with Crippen molar-refractivity contribution in [3.05, 3.63) is 23.9 Å². The maximum atomic E-state index is 11.0. The average molecular weight is 271 g/mol. The van der Waals surface area contributed by atoms with Crippen molar-refractivity contribution in [3.8, 4) is 0 Å². The first-order valence-corrected chi connectivity index (χ1v) is 7.66. The van der Waals surface area contributed by atoms with Gasteiger partial charge in [-0.1, -0.05) is 6.07 Å². The minimum absolute atomic E-state index is 0.273. The minimum Gasteiger partial charge on any atom is -0.378 e. The lowest BCUT2D eigenvalue weighted by Gasteiger charge is -2.27. The summed E-state index contributed by atoms with van der Waals surface area (Å²) in [5.41, 5.74) is 0.845. The molecule has 0 bridgehead atoms. The minimum atomic E-state index is -3.16. The first-order chi connectivity index (χ1) is 8.54. The Morgan fingerprint density at radius 2 is 2.11 bits per heavy atom. The van der Waals surface area contributed by atoms with E-state index in [9.17, 15) is 8.42 Å².